The molecule has 0 aromatic carbocycles. The summed E-state index contributed by atoms with van der Waals surface area (Å²) >= 11 is 0. The third kappa shape index (κ3) is 13.5. The van der Waals surface area contributed by atoms with Crippen molar-refractivity contribution in [2.24, 2.45) is 17.8 Å². The first-order valence-electron chi connectivity index (χ1n) is 11.8. The van der Waals surface area contributed by atoms with Gasteiger partial charge in [-0.05, 0) is 50.5 Å². The molecule has 0 saturated heterocycles. The van der Waals surface area contributed by atoms with Gasteiger partial charge in [-0.15, -0.1) is 0 Å². The topological polar surface area (TPSA) is 104 Å². The molecule has 3 N–H and O–H groups in total. The molecule has 0 fully saturated rings. The van der Waals surface area contributed by atoms with Crippen LogP contribution in [0.4, 0.5) is 0 Å². The third-order valence-corrected chi connectivity index (χ3v) is 7.54. The van der Waals surface area contributed by atoms with Crippen LogP contribution in [-0.2, 0) is 14.1 Å². The smallest absolute Gasteiger partial charge is 0.357 e. The van der Waals surface area contributed by atoms with E-state index in [1.807, 2.05) is 0 Å². The van der Waals surface area contributed by atoms with Crippen LogP contribution in [0, 0.1) is 17.8 Å². The maximum atomic E-state index is 12.1. The molecule has 0 amide bonds. The Labute approximate surface area is 190 Å². The Hall–Kier alpha value is -0.680. The number of ether oxygens (including phenoxy) is 1. The molecule has 0 aliphatic carbocycles. The van der Waals surface area contributed by atoms with Gasteiger partial charge in [0.25, 0.3) is 0 Å². The molecule has 0 heterocycles. The Morgan fingerprint density at radius 3 is 1.84 bits per heavy atom. The molecule has 0 radical (unpaired) electrons. The Balaban J connectivity index is 4.28. The Kier molecular flexibility index (Phi) is 13.5. The number of carbonyl (C=O) groups is 1. The predicted molar refractivity (Wildman–Crippen MR) is 127 cm³/mol. The second-order valence-electron chi connectivity index (χ2n) is 10.3. The van der Waals surface area contributed by atoms with E-state index in [1.165, 1.54) is 38.5 Å². The molecule has 0 aromatic rings. The predicted octanol–water partition coefficient (Wildman–Crippen LogP) is 6.19. The highest BCUT2D eigenvalue weighted by molar-refractivity contribution is 7.53. The lowest BCUT2D eigenvalue weighted by Crippen LogP contribution is -2.34. The van der Waals surface area contributed by atoms with Gasteiger partial charge in [-0.1, -0.05) is 79.2 Å². The van der Waals surface area contributed by atoms with E-state index < -0.39 is 30.9 Å². The second kappa shape index (κ2) is 13.8. The van der Waals surface area contributed by atoms with Crippen molar-refractivity contribution in [3.8, 4) is 0 Å². The molecule has 7 heteroatoms. The molecular weight excluding hydrogens is 415 g/mol. The van der Waals surface area contributed by atoms with E-state index in [1.54, 1.807) is 13.0 Å². The summed E-state index contributed by atoms with van der Waals surface area (Å²) in [6.45, 7) is 15.5. The number of rotatable bonds is 17. The monoisotopic (exact) mass is 462 g/mol. The molecule has 0 rings (SSSR count). The van der Waals surface area contributed by atoms with Crippen LogP contribution in [0.25, 0.3) is 0 Å². The molecule has 0 aromatic heterocycles. The van der Waals surface area contributed by atoms with Gasteiger partial charge in [-0.3, -0.25) is 9.36 Å². The Bertz CT molecular complexity index is 583. The molecule has 0 spiro atoms. The van der Waals surface area contributed by atoms with Crippen molar-refractivity contribution in [2.75, 3.05) is 0 Å². The highest BCUT2D eigenvalue weighted by Crippen LogP contribution is 2.50. The molecule has 0 saturated carbocycles. The first-order valence-corrected chi connectivity index (χ1v) is 13.4. The van der Waals surface area contributed by atoms with Crippen molar-refractivity contribution < 1.29 is 29.0 Å². The zero-order chi connectivity index (χ0) is 24.3. The maximum absolute atomic E-state index is 12.1. The fourth-order valence-corrected chi connectivity index (χ4v) is 3.98. The van der Waals surface area contributed by atoms with Crippen molar-refractivity contribution in [3.05, 3.63) is 12.7 Å². The van der Waals surface area contributed by atoms with Crippen LogP contribution < -0.4 is 0 Å². The van der Waals surface area contributed by atoms with E-state index in [0.29, 0.717) is 12.3 Å². The average molecular weight is 463 g/mol. The first kappa shape index (κ1) is 30.3. The van der Waals surface area contributed by atoms with Gasteiger partial charge in [0.05, 0.1) is 6.42 Å². The quantitative estimate of drug-likeness (QED) is 0.135. The lowest BCUT2D eigenvalue weighted by atomic mass is 9.90. The minimum atomic E-state index is -4.83. The first-order chi connectivity index (χ1) is 14.1. The summed E-state index contributed by atoms with van der Waals surface area (Å²) in [6.07, 6.45) is 10.8. The molecule has 184 valence electrons. The summed E-state index contributed by atoms with van der Waals surface area (Å²) in [7, 11) is -4.83. The third-order valence-electron chi connectivity index (χ3n) is 6.13. The van der Waals surface area contributed by atoms with Crippen molar-refractivity contribution in [3.63, 3.8) is 0 Å². The van der Waals surface area contributed by atoms with E-state index in [2.05, 4.69) is 34.3 Å². The minimum Gasteiger partial charge on any atom is -0.455 e. The zero-order valence-electron chi connectivity index (χ0n) is 20.6. The van der Waals surface area contributed by atoms with Gasteiger partial charge >= 0.3 is 13.6 Å². The lowest BCUT2D eigenvalue weighted by Gasteiger charge is -2.29. The van der Waals surface area contributed by atoms with Crippen LogP contribution in [0.15, 0.2) is 12.7 Å². The van der Waals surface area contributed by atoms with Gasteiger partial charge in [0, 0.05) is 0 Å². The van der Waals surface area contributed by atoms with E-state index >= 15 is 0 Å². The van der Waals surface area contributed by atoms with Gasteiger partial charge in [-0.25, -0.2) is 0 Å². The fourth-order valence-electron chi connectivity index (χ4n) is 3.65. The maximum Gasteiger partial charge on any atom is 0.357 e. The van der Waals surface area contributed by atoms with Gasteiger partial charge in [0.1, 0.15) is 5.60 Å². The molecular formula is C24H47O6P. The van der Waals surface area contributed by atoms with Crippen LogP contribution >= 0.6 is 7.60 Å². The fraction of sp³-hybridized carbons (Fsp3) is 0.875. The number of hydrogen-bond donors (Lipinski definition) is 3. The summed E-state index contributed by atoms with van der Waals surface area (Å²) in [6, 6.07) is 0. The van der Waals surface area contributed by atoms with E-state index in [9.17, 15) is 14.5 Å². The van der Waals surface area contributed by atoms with Crippen LogP contribution in [0.3, 0.4) is 0 Å². The molecule has 31 heavy (non-hydrogen) atoms. The van der Waals surface area contributed by atoms with Crippen LogP contribution in [0.5, 0.6) is 0 Å². The van der Waals surface area contributed by atoms with Crippen molar-refractivity contribution in [2.45, 2.75) is 117 Å². The number of aliphatic hydroxyl groups is 1. The minimum absolute atomic E-state index is 0.580. The van der Waals surface area contributed by atoms with E-state index in [-0.39, 0.29) is 0 Å². The van der Waals surface area contributed by atoms with E-state index in [4.69, 9.17) is 14.5 Å². The molecule has 4 unspecified atom stereocenters. The van der Waals surface area contributed by atoms with Crippen LogP contribution in [0.1, 0.15) is 106 Å². The highest BCUT2D eigenvalue weighted by Gasteiger charge is 2.43. The standard InChI is InChI=1S/C24H47O6P/c1-8-23(6,30-22(25)18-24(7,26)31(27,28)29)17-11-16-21(5)15-10-14-20(4)13-9-12-19(2)3/h8,19-21,26H,1,9-18H2,2-7H3,(H2,27,28,29). The molecule has 0 aliphatic heterocycles. The van der Waals surface area contributed by atoms with Crippen molar-refractivity contribution >= 4 is 13.6 Å². The molecule has 4 atom stereocenters. The van der Waals surface area contributed by atoms with Crippen LogP contribution in [-0.4, -0.2) is 31.8 Å². The number of carbonyl (C=O) groups excluding carboxylic acids is 1. The Morgan fingerprint density at radius 2 is 1.42 bits per heavy atom. The lowest BCUT2D eigenvalue weighted by molar-refractivity contribution is -0.157. The summed E-state index contributed by atoms with van der Waals surface area (Å²) in [5.74, 6) is 1.30. The van der Waals surface area contributed by atoms with Crippen LogP contribution in [0.2, 0.25) is 0 Å². The Morgan fingerprint density at radius 1 is 0.968 bits per heavy atom. The molecule has 0 aliphatic rings. The SMILES string of the molecule is C=CC(C)(CCCC(C)CCCC(C)CCCC(C)C)OC(=O)CC(C)(O)P(=O)(O)O. The molecule has 6 nitrogen and oxygen atoms in total. The summed E-state index contributed by atoms with van der Waals surface area (Å²) in [5.41, 5.74) is -0.924. The van der Waals surface area contributed by atoms with Gasteiger partial charge in [0.15, 0.2) is 5.34 Å². The van der Waals surface area contributed by atoms with E-state index in [0.717, 1.165) is 31.6 Å². The summed E-state index contributed by atoms with van der Waals surface area (Å²) in [4.78, 5) is 30.4. The average Bonchev–Trinajstić information content (AvgIpc) is 2.59. The molecule has 0 bridgehead atoms. The summed E-state index contributed by atoms with van der Waals surface area (Å²) in [5, 5.41) is 7.41. The highest BCUT2D eigenvalue weighted by atomic mass is 31.2. The number of hydrogen-bond acceptors (Lipinski definition) is 4. The van der Waals surface area contributed by atoms with Gasteiger partial charge < -0.3 is 19.6 Å². The van der Waals surface area contributed by atoms with Crippen molar-refractivity contribution in [1.29, 1.82) is 0 Å². The zero-order valence-corrected chi connectivity index (χ0v) is 21.5. The normalized spacial score (nSPS) is 18.1. The second-order valence-corrected chi connectivity index (χ2v) is 12.3. The number of esters is 1. The van der Waals surface area contributed by atoms with Gasteiger partial charge in [0.2, 0.25) is 0 Å². The summed E-state index contributed by atoms with van der Waals surface area (Å²) < 4.78 is 16.7. The largest absolute Gasteiger partial charge is 0.455 e. The van der Waals surface area contributed by atoms with Crippen molar-refractivity contribution in [1.82, 2.24) is 0 Å². The van der Waals surface area contributed by atoms with Gasteiger partial charge in [-0.2, -0.15) is 0 Å².